The van der Waals surface area contributed by atoms with Gasteiger partial charge in [-0.15, -0.1) is 0 Å². The molecule has 0 saturated heterocycles. The van der Waals surface area contributed by atoms with Gasteiger partial charge in [-0.25, -0.2) is 4.98 Å². The van der Waals surface area contributed by atoms with E-state index in [1.54, 1.807) is 6.92 Å². The number of nitrogens with one attached hydrogen (secondary N) is 1. The molecule has 0 atom stereocenters. The van der Waals surface area contributed by atoms with Gasteiger partial charge in [-0.1, -0.05) is 49.4 Å². The van der Waals surface area contributed by atoms with E-state index in [4.69, 9.17) is 5.73 Å². The van der Waals surface area contributed by atoms with Gasteiger partial charge in [0, 0.05) is 12.0 Å². The SMILES string of the molecule is CCC(=O)Nc1nc(-c2ccc(CC)cc2)c(N)s1. The number of nitrogens with zero attached hydrogens (tertiary/aromatic N) is 1. The molecule has 0 fully saturated rings. The lowest BCUT2D eigenvalue weighted by atomic mass is 10.1. The third-order valence-corrected chi connectivity index (χ3v) is 3.66. The molecule has 0 saturated carbocycles. The van der Waals surface area contributed by atoms with Gasteiger partial charge in [-0.2, -0.15) is 0 Å². The zero-order chi connectivity index (χ0) is 13.8. The van der Waals surface area contributed by atoms with E-state index >= 15 is 0 Å². The van der Waals surface area contributed by atoms with Gasteiger partial charge in [0.15, 0.2) is 5.13 Å². The standard InChI is InChI=1S/C14H17N3OS/c1-3-9-5-7-10(8-6-9)12-13(15)19-14(17-12)16-11(18)4-2/h5-8H,3-4,15H2,1-2H3,(H,16,17,18). The number of nitrogens with two attached hydrogens (primary N) is 1. The fraction of sp³-hybridized carbons (Fsp3) is 0.286. The summed E-state index contributed by atoms with van der Waals surface area (Å²) < 4.78 is 0. The van der Waals surface area contributed by atoms with Crippen LogP contribution in [-0.2, 0) is 11.2 Å². The van der Waals surface area contributed by atoms with Gasteiger partial charge in [0.1, 0.15) is 10.7 Å². The minimum atomic E-state index is -0.0540. The van der Waals surface area contributed by atoms with Crippen LogP contribution in [0, 0.1) is 0 Å². The first-order chi connectivity index (χ1) is 9.13. The first-order valence-electron chi connectivity index (χ1n) is 6.29. The highest BCUT2D eigenvalue weighted by atomic mass is 32.1. The normalized spacial score (nSPS) is 10.4. The first-order valence-corrected chi connectivity index (χ1v) is 7.11. The van der Waals surface area contributed by atoms with E-state index in [-0.39, 0.29) is 5.91 Å². The van der Waals surface area contributed by atoms with Crippen LogP contribution in [0.5, 0.6) is 0 Å². The number of hydrogen-bond acceptors (Lipinski definition) is 4. The number of thiazole rings is 1. The second-order valence-electron chi connectivity index (χ2n) is 4.18. The van der Waals surface area contributed by atoms with Crippen LogP contribution in [-0.4, -0.2) is 10.9 Å². The van der Waals surface area contributed by atoms with Crippen molar-refractivity contribution in [2.75, 3.05) is 11.1 Å². The number of carbonyl (C=O) groups excluding carboxylic acids is 1. The molecule has 0 radical (unpaired) electrons. The number of anilines is 2. The molecule has 0 aliphatic rings. The molecule has 0 aliphatic carbocycles. The molecule has 19 heavy (non-hydrogen) atoms. The monoisotopic (exact) mass is 275 g/mol. The largest absolute Gasteiger partial charge is 0.389 e. The highest BCUT2D eigenvalue weighted by molar-refractivity contribution is 7.20. The summed E-state index contributed by atoms with van der Waals surface area (Å²) in [7, 11) is 0. The van der Waals surface area contributed by atoms with Crippen LogP contribution < -0.4 is 11.1 Å². The molecule has 0 bridgehead atoms. The molecular weight excluding hydrogens is 258 g/mol. The summed E-state index contributed by atoms with van der Waals surface area (Å²) in [4.78, 5) is 15.7. The minimum absolute atomic E-state index is 0.0540. The van der Waals surface area contributed by atoms with E-state index in [2.05, 4.69) is 29.4 Å². The molecule has 1 aromatic carbocycles. The Morgan fingerprint density at radius 3 is 2.58 bits per heavy atom. The topological polar surface area (TPSA) is 68.0 Å². The van der Waals surface area contributed by atoms with Gasteiger partial charge in [-0.3, -0.25) is 4.79 Å². The lowest BCUT2D eigenvalue weighted by molar-refractivity contribution is -0.115. The van der Waals surface area contributed by atoms with E-state index in [0.717, 1.165) is 17.7 Å². The van der Waals surface area contributed by atoms with Gasteiger partial charge < -0.3 is 11.1 Å². The van der Waals surface area contributed by atoms with Crippen molar-refractivity contribution in [1.29, 1.82) is 0 Å². The molecule has 4 nitrogen and oxygen atoms in total. The lowest BCUT2D eigenvalue weighted by Crippen LogP contribution is -2.08. The van der Waals surface area contributed by atoms with Crippen molar-refractivity contribution in [1.82, 2.24) is 4.98 Å². The first kappa shape index (κ1) is 13.5. The summed E-state index contributed by atoms with van der Waals surface area (Å²) in [5, 5.41) is 3.91. The van der Waals surface area contributed by atoms with E-state index < -0.39 is 0 Å². The van der Waals surface area contributed by atoms with Gasteiger partial charge in [-0.05, 0) is 12.0 Å². The molecule has 2 rings (SSSR count). The Kier molecular flexibility index (Phi) is 4.16. The van der Waals surface area contributed by atoms with Crippen molar-refractivity contribution in [2.24, 2.45) is 0 Å². The second-order valence-corrected chi connectivity index (χ2v) is 5.21. The minimum Gasteiger partial charge on any atom is -0.389 e. The zero-order valence-electron chi connectivity index (χ0n) is 11.1. The Morgan fingerprint density at radius 2 is 2.00 bits per heavy atom. The van der Waals surface area contributed by atoms with Crippen molar-refractivity contribution in [3.63, 3.8) is 0 Å². The van der Waals surface area contributed by atoms with Gasteiger partial charge in [0.25, 0.3) is 0 Å². The van der Waals surface area contributed by atoms with E-state index in [1.165, 1.54) is 16.9 Å². The number of amides is 1. The average molecular weight is 275 g/mol. The molecule has 3 N–H and O–H groups in total. The molecule has 1 amide bonds. The molecule has 2 aromatic rings. The van der Waals surface area contributed by atoms with Crippen LogP contribution in [0.4, 0.5) is 10.1 Å². The van der Waals surface area contributed by atoms with Crippen LogP contribution in [0.25, 0.3) is 11.3 Å². The van der Waals surface area contributed by atoms with E-state index in [1.807, 2.05) is 12.1 Å². The maximum Gasteiger partial charge on any atom is 0.225 e. The van der Waals surface area contributed by atoms with Crippen molar-refractivity contribution in [2.45, 2.75) is 26.7 Å². The smallest absolute Gasteiger partial charge is 0.225 e. The van der Waals surface area contributed by atoms with Crippen LogP contribution in [0.3, 0.4) is 0 Å². The molecule has 0 unspecified atom stereocenters. The van der Waals surface area contributed by atoms with Gasteiger partial charge in [0.2, 0.25) is 5.91 Å². The molecule has 1 aromatic heterocycles. The van der Waals surface area contributed by atoms with Crippen molar-refractivity contribution in [3.8, 4) is 11.3 Å². The summed E-state index contributed by atoms with van der Waals surface area (Å²) in [5.41, 5.74) is 8.95. The van der Waals surface area contributed by atoms with Crippen molar-refractivity contribution in [3.05, 3.63) is 29.8 Å². The fourth-order valence-corrected chi connectivity index (χ4v) is 2.47. The Bertz CT molecular complexity index is 575. The number of rotatable bonds is 4. The summed E-state index contributed by atoms with van der Waals surface area (Å²) in [6.07, 6.45) is 1.44. The highest BCUT2D eigenvalue weighted by Gasteiger charge is 2.11. The number of benzene rings is 1. The predicted molar refractivity (Wildman–Crippen MR) is 80.3 cm³/mol. The van der Waals surface area contributed by atoms with E-state index in [9.17, 15) is 4.79 Å². The molecular formula is C14H17N3OS. The summed E-state index contributed by atoms with van der Waals surface area (Å²) in [5.74, 6) is -0.0540. The number of aromatic nitrogens is 1. The number of nitrogen functional groups attached to an aromatic ring is 1. The average Bonchev–Trinajstić information content (AvgIpc) is 2.79. The number of aryl methyl sites for hydroxylation is 1. The number of carbonyl (C=O) groups is 1. The van der Waals surface area contributed by atoms with Gasteiger partial charge >= 0.3 is 0 Å². The molecule has 5 heteroatoms. The Balaban J connectivity index is 2.26. The third-order valence-electron chi connectivity index (χ3n) is 2.86. The second kappa shape index (κ2) is 5.84. The fourth-order valence-electron chi connectivity index (χ4n) is 1.70. The van der Waals surface area contributed by atoms with Crippen LogP contribution in [0.15, 0.2) is 24.3 Å². The zero-order valence-corrected chi connectivity index (χ0v) is 11.9. The Hall–Kier alpha value is -1.88. The Labute approximate surface area is 116 Å². The molecule has 0 spiro atoms. The highest BCUT2D eigenvalue weighted by Crippen LogP contribution is 2.33. The summed E-state index contributed by atoms with van der Waals surface area (Å²) in [6, 6.07) is 8.15. The van der Waals surface area contributed by atoms with Crippen LogP contribution in [0.2, 0.25) is 0 Å². The molecule has 100 valence electrons. The predicted octanol–water partition coefficient (Wildman–Crippen LogP) is 3.30. The van der Waals surface area contributed by atoms with Crippen LogP contribution >= 0.6 is 11.3 Å². The maximum absolute atomic E-state index is 11.3. The molecule has 1 heterocycles. The van der Waals surface area contributed by atoms with E-state index in [0.29, 0.717) is 16.6 Å². The number of hydrogen-bond donors (Lipinski definition) is 2. The summed E-state index contributed by atoms with van der Waals surface area (Å²) >= 11 is 1.30. The third kappa shape index (κ3) is 3.12. The van der Waals surface area contributed by atoms with Crippen molar-refractivity contribution < 1.29 is 4.79 Å². The van der Waals surface area contributed by atoms with Crippen molar-refractivity contribution >= 4 is 27.4 Å². The maximum atomic E-state index is 11.3. The van der Waals surface area contributed by atoms with Gasteiger partial charge in [0.05, 0.1) is 0 Å². The molecule has 0 aliphatic heterocycles. The van der Waals surface area contributed by atoms with Crippen LogP contribution in [0.1, 0.15) is 25.8 Å². The Morgan fingerprint density at radius 1 is 1.32 bits per heavy atom. The summed E-state index contributed by atoms with van der Waals surface area (Å²) in [6.45, 7) is 3.92. The lowest BCUT2D eigenvalue weighted by Gasteiger charge is -2.00. The quantitative estimate of drug-likeness (QED) is 0.899.